The van der Waals surface area contributed by atoms with Gasteiger partial charge in [-0.3, -0.25) is 14.5 Å². The number of oxime groups is 1. The number of amides is 1. The molecule has 38 heavy (non-hydrogen) atoms. The number of benzene rings is 3. The molecule has 0 bridgehead atoms. The largest absolute Gasteiger partial charge is 0.435 e. The van der Waals surface area contributed by atoms with Crippen molar-refractivity contribution >= 4 is 57.9 Å². The van der Waals surface area contributed by atoms with Gasteiger partial charge in [0, 0.05) is 39.6 Å². The molecule has 3 aromatic carbocycles. The van der Waals surface area contributed by atoms with Gasteiger partial charge in [0.2, 0.25) is 0 Å². The maximum atomic E-state index is 14.4. The summed E-state index contributed by atoms with van der Waals surface area (Å²) in [5, 5.41) is 3.92. The lowest BCUT2D eigenvalue weighted by Crippen LogP contribution is -2.42. The standard InChI is InChI=1S/C27H20Cl3F3N2O3/c1-2-21(36)15-35(25(37)16-6-4-3-5-7-16)24-10-17(8-9-22(24)30)23-14-26(38-34-23,27(31,32)33)18-11-19(28)13-20(29)12-18/h3-13H,2,14-15H2,1H3. The van der Waals surface area contributed by atoms with Crippen LogP contribution in [-0.4, -0.2) is 30.1 Å². The fourth-order valence-electron chi connectivity index (χ4n) is 4.04. The molecule has 5 nitrogen and oxygen atoms in total. The van der Waals surface area contributed by atoms with Crippen LogP contribution in [0, 0.1) is 0 Å². The van der Waals surface area contributed by atoms with Crippen LogP contribution in [-0.2, 0) is 15.2 Å². The summed E-state index contributed by atoms with van der Waals surface area (Å²) >= 11 is 18.4. The van der Waals surface area contributed by atoms with Crippen LogP contribution >= 0.6 is 34.8 Å². The van der Waals surface area contributed by atoms with Gasteiger partial charge in [-0.2, -0.15) is 13.2 Å². The molecule has 198 valence electrons. The first kappa shape index (κ1) is 28.0. The van der Waals surface area contributed by atoms with Crippen molar-refractivity contribution < 1.29 is 27.6 Å². The molecule has 0 saturated carbocycles. The van der Waals surface area contributed by atoms with Crippen LogP contribution in [0.25, 0.3) is 0 Å². The van der Waals surface area contributed by atoms with Crippen LogP contribution in [0.3, 0.4) is 0 Å². The van der Waals surface area contributed by atoms with Crippen LogP contribution in [0.2, 0.25) is 15.1 Å². The zero-order valence-electron chi connectivity index (χ0n) is 19.9. The fourth-order valence-corrected chi connectivity index (χ4v) is 4.78. The van der Waals surface area contributed by atoms with Crippen molar-refractivity contribution in [2.24, 2.45) is 5.16 Å². The summed E-state index contributed by atoms with van der Waals surface area (Å²) in [4.78, 5) is 32.0. The van der Waals surface area contributed by atoms with E-state index in [1.54, 1.807) is 37.3 Å². The Kier molecular flexibility index (Phi) is 8.06. The van der Waals surface area contributed by atoms with Crippen LogP contribution in [0.15, 0.2) is 71.9 Å². The number of rotatable bonds is 7. The molecule has 0 fully saturated rings. The van der Waals surface area contributed by atoms with E-state index in [4.69, 9.17) is 39.6 Å². The number of alkyl halides is 3. The van der Waals surface area contributed by atoms with E-state index in [1.807, 2.05) is 0 Å². The van der Waals surface area contributed by atoms with E-state index >= 15 is 0 Å². The van der Waals surface area contributed by atoms with Gasteiger partial charge >= 0.3 is 6.18 Å². The lowest BCUT2D eigenvalue weighted by atomic mass is 9.86. The van der Waals surface area contributed by atoms with Crippen molar-refractivity contribution in [3.8, 4) is 0 Å². The van der Waals surface area contributed by atoms with E-state index in [2.05, 4.69) is 5.16 Å². The molecule has 0 saturated heterocycles. The number of carbonyl (C=O) groups excluding carboxylic acids is 2. The summed E-state index contributed by atoms with van der Waals surface area (Å²) in [6.07, 6.45) is -5.38. The first-order chi connectivity index (χ1) is 17.9. The molecule has 0 N–H and O–H groups in total. The number of hydrogen-bond acceptors (Lipinski definition) is 4. The van der Waals surface area contributed by atoms with Crippen molar-refractivity contribution in [1.82, 2.24) is 0 Å². The van der Waals surface area contributed by atoms with Gasteiger partial charge in [-0.25, -0.2) is 0 Å². The molecule has 1 unspecified atom stereocenters. The molecule has 1 heterocycles. The summed E-state index contributed by atoms with van der Waals surface area (Å²) in [6, 6.07) is 16.2. The van der Waals surface area contributed by atoms with E-state index in [-0.39, 0.29) is 56.3 Å². The van der Waals surface area contributed by atoms with Crippen LogP contribution < -0.4 is 4.90 Å². The van der Waals surface area contributed by atoms with Gasteiger partial charge in [0.1, 0.15) is 0 Å². The monoisotopic (exact) mass is 582 g/mol. The molecule has 11 heteroatoms. The molecular formula is C27H20Cl3F3N2O3. The minimum atomic E-state index is -4.87. The maximum absolute atomic E-state index is 14.4. The molecule has 1 aliphatic heterocycles. The molecule has 0 aliphatic carbocycles. The van der Waals surface area contributed by atoms with Gasteiger partial charge in [-0.15, -0.1) is 0 Å². The smallest absolute Gasteiger partial charge is 0.374 e. The number of nitrogens with zero attached hydrogens (tertiary/aromatic N) is 2. The highest BCUT2D eigenvalue weighted by atomic mass is 35.5. The second-order valence-electron chi connectivity index (χ2n) is 8.60. The quantitative estimate of drug-likeness (QED) is 0.285. The van der Waals surface area contributed by atoms with E-state index in [9.17, 15) is 22.8 Å². The summed E-state index contributed by atoms with van der Waals surface area (Å²) in [7, 11) is 0. The molecule has 1 amide bonds. The van der Waals surface area contributed by atoms with Crippen molar-refractivity contribution in [1.29, 1.82) is 0 Å². The Balaban J connectivity index is 1.74. The zero-order valence-corrected chi connectivity index (χ0v) is 22.1. The van der Waals surface area contributed by atoms with Gasteiger partial charge in [0.15, 0.2) is 5.78 Å². The molecular weight excluding hydrogens is 564 g/mol. The number of Topliss-reactive ketones (excluding diaryl/α,β-unsaturated/α-hetero) is 1. The Hall–Kier alpha value is -3.07. The Labute approximate surface area is 231 Å². The predicted molar refractivity (Wildman–Crippen MR) is 141 cm³/mol. The van der Waals surface area contributed by atoms with Gasteiger partial charge in [-0.1, -0.05) is 71.1 Å². The number of ketones is 1. The SMILES string of the molecule is CCC(=O)CN(C(=O)c1ccccc1)c1cc(C2=NOC(c3cc(Cl)cc(Cl)c3)(C(F)(F)F)C2)ccc1Cl. The van der Waals surface area contributed by atoms with Crippen LogP contribution in [0.1, 0.15) is 41.3 Å². The lowest BCUT2D eigenvalue weighted by Gasteiger charge is -2.29. The molecule has 0 aromatic heterocycles. The predicted octanol–water partition coefficient (Wildman–Crippen LogP) is 7.85. The van der Waals surface area contributed by atoms with Gasteiger partial charge in [0.05, 0.1) is 23.0 Å². The molecule has 3 aromatic rings. The Morgan fingerprint density at radius 3 is 2.26 bits per heavy atom. The third kappa shape index (κ3) is 5.53. The lowest BCUT2D eigenvalue weighted by molar-refractivity contribution is -0.275. The third-order valence-electron chi connectivity index (χ3n) is 6.08. The fraction of sp³-hybridized carbons (Fsp3) is 0.222. The minimum Gasteiger partial charge on any atom is -0.374 e. The van der Waals surface area contributed by atoms with Crippen molar-refractivity contribution in [3.63, 3.8) is 0 Å². The van der Waals surface area contributed by atoms with Gasteiger partial charge in [0.25, 0.3) is 11.5 Å². The Bertz CT molecular complexity index is 1390. The second-order valence-corrected chi connectivity index (χ2v) is 9.88. The number of anilines is 1. The minimum absolute atomic E-state index is 0.0117. The Morgan fingerprint density at radius 1 is 1.00 bits per heavy atom. The highest BCUT2D eigenvalue weighted by Gasteiger charge is 2.62. The summed E-state index contributed by atoms with van der Waals surface area (Å²) in [5.74, 6) is -0.722. The van der Waals surface area contributed by atoms with Gasteiger partial charge in [-0.05, 0) is 42.5 Å². The van der Waals surface area contributed by atoms with Crippen LogP contribution in [0.5, 0.6) is 0 Å². The summed E-state index contributed by atoms with van der Waals surface area (Å²) in [6.45, 7) is 1.39. The maximum Gasteiger partial charge on any atom is 0.435 e. The average Bonchev–Trinajstić information content (AvgIpc) is 3.34. The Morgan fingerprint density at radius 2 is 1.66 bits per heavy atom. The molecule has 4 rings (SSSR count). The summed E-state index contributed by atoms with van der Waals surface area (Å²) < 4.78 is 43.2. The van der Waals surface area contributed by atoms with Crippen molar-refractivity contribution in [3.05, 3.63) is 98.5 Å². The number of hydrogen-bond donors (Lipinski definition) is 0. The van der Waals surface area contributed by atoms with E-state index in [0.29, 0.717) is 5.56 Å². The number of carbonyl (C=O) groups is 2. The van der Waals surface area contributed by atoms with E-state index < -0.39 is 24.1 Å². The average molecular weight is 584 g/mol. The number of halogens is 6. The van der Waals surface area contributed by atoms with Crippen LogP contribution in [0.4, 0.5) is 18.9 Å². The first-order valence-corrected chi connectivity index (χ1v) is 12.6. The van der Waals surface area contributed by atoms with E-state index in [1.165, 1.54) is 29.2 Å². The second kappa shape index (κ2) is 11.0. The van der Waals surface area contributed by atoms with E-state index in [0.717, 1.165) is 12.1 Å². The molecule has 1 atom stereocenters. The van der Waals surface area contributed by atoms with Crippen molar-refractivity contribution in [2.75, 3.05) is 11.4 Å². The molecule has 0 radical (unpaired) electrons. The zero-order chi connectivity index (χ0) is 27.7. The highest BCUT2D eigenvalue weighted by molar-refractivity contribution is 6.35. The first-order valence-electron chi connectivity index (χ1n) is 11.4. The normalized spacial score (nSPS) is 17.1. The highest BCUT2D eigenvalue weighted by Crippen LogP contribution is 2.50. The van der Waals surface area contributed by atoms with Crippen molar-refractivity contribution in [2.45, 2.75) is 31.5 Å². The topological polar surface area (TPSA) is 59.0 Å². The molecule has 1 aliphatic rings. The summed E-state index contributed by atoms with van der Waals surface area (Å²) in [5.41, 5.74) is -2.46. The van der Waals surface area contributed by atoms with Gasteiger partial charge < -0.3 is 4.84 Å². The third-order valence-corrected chi connectivity index (χ3v) is 6.84. The molecule has 0 spiro atoms.